The van der Waals surface area contributed by atoms with Crippen LogP contribution in [0.3, 0.4) is 0 Å². The van der Waals surface area contributed by atoms with Gasteiger partial charge in [-0.3, -0.25) is 4.84 Å². The van der Waals surface area contributed by atoms with E-state index in [0.717, 1.165) is 0 Å². The first kappa shape index (κ1) is 30.4. The van der Waals surface area contributed by atoms with E-state index in [0.29, 0.717) is 0 Å². The second kappa shape index (κ2) is 25.3. The van der Waals surface area contributed by atoms with Crippen molar-refractivity contribution >= 4 is 24.0 Å². The van der Waals surface area contributed by atoms with E-state index in [2.05, 4.69) is 21.5 Å². The van der Waals surface area contributed by atoms with Crippen LogP contribution in [0.2, 0.25) is 0 Å². The van der Waals surface area contributed by atoms with Gasteiger partial charge in [-0.25, -0.2) is 0 Å². The minimum Gasteiger partial charge on any atom is -0.488 e. The summed E-state index contributed by atoms with van der Waals surface area (Å²) in [5, 5.41) is 29.9. The summed E-state index contributed by atoms with van der Waals surface area (Å²) in [6, 6.07) is 0. The number of hydrogen-bond donors (Lipinski definition) is 1. The predicted octanol–water partition coefficient (Wildman–Crippen LogP) is 0.0527. The Balaban J connectivity index is -0.0000000463. The Morgan fingerprint density at radius 3 is 1.50 bits per heavy atom. The first-order valence-corrected chi connectivity index (χ1v) is 2.93. The van der Waals surface area contributed by atoms with Crippen LogP contribution >= 0.6 is 24.0 Å². The van der Waals surface area contributed by atoms with E-state index in [1.807, 2.05) is 0 Å². The summed E-state index contributed by atoms with van der Waals surface area (Å²) < 4.78 is 4.19. The van der Waals surface area contributed by atoms with Crippen molar-refractivity contribution in [3.8, 4) is 0 Å². The van der Waals surface area contributed by atoms with Crippen molar-refractivity contribution in [1.29, 1.82) is 0 Å². The molecular weight excluding hydrogens is 454 g/mol. The van der Waals surface area contributed by atoms with Crippen molar-refractivity contribution in [2.24, 2.45) is 0 Å². The smallest absolute Gasteiger partial charge is 0.296 e. The van der Waals surface area contributed by atoms with Crippen LogP contribution in [0.5, 0.6) is 0 Å². The van der Waals surface area contributed by atoms with Gasteiger partial charge in [0.1, 0.15) is 0 Å². The number of methoxy groups -OCH3 is 1. The average molecular weight is 463 g/mol. The van der Waals surface area contributed by atoms with Gasteiger partial charge in [-0.15, -0.1) is 54.3 Å². The van der Waals surface area contributed by atoms with Crippen molar-refractivity contribution in [2.75, 3.05) is 13.9 Å². The molecule has 0 saturated carbocycles. The maximum absolute atomic E-state index is 9.26. The minimum atomic E-state index is -1.50. The van der Waals surface area contributed by atoms with E-state index in [1.54, 1.807) is 0 Å². The fourth-order valence-corrected chi connectivity index (χ4v) is 0.0957. The molecule has 0 aromatic carbocycles. The van der Waals surface area contributed by atoms with Crippen LogP contribution in [0.1, 0.15) is 0 Å². The van der Waals surface area contributed by atoms with Gasteiger partial charge in [0.2, 0.25) is 0 Å². The topological polar surface area (TPSA) is 177 Å². The van der Waals surface area contributed by atoms with Crippen LogP contribution in [-0.2, 0) is 47.1 Å². The zero-order valence-electron chi connectivity index (χ0n) is 8.86. The number of nitrogens with zero attached hydrogens (tertiary/aromatic N) is 3. The fraction of sp³-hybridized carbons (Fsp3) is 0.667. The van der Waals surface area contributed by atoms with Gasteiger partial charge in [-0.2, -0.15) is 7.11 Å². The van der Waals surface area contributed by atoms with Gasteiger partial charge in [0.25, 0.3) is 15.3 Å². The second-order valence-electron chi connectivity index (χ2n) is 1.35. The van der Waals surface area contributed by atoms with Gasteiger partial charge in [0, 0.05) is 39.8 Å². The standard InChI is InChI=1S/C2H5NO4.CH2NO3.HI.HNO3.Y/c1-6-2-7-3(4)5;1-5-2(3)4;;2-1(3)4;/h2H2,1H3;1H2;1H;(H,2,3,4);/q;-1;;;. The molecule has 0 bridgehead atoms. The third-order valence-corrected chi connectivity index (χ3v) is 0.381. The number of ether oxygens (including phenoxy) is 1. The van der Waals surface area contributed by atoms with Crippen molar-refractivity contribution in [3.05, 3.63) is 37.5 Å². The number of rotatable bonds is 4. The summed E-state index contributed by atoms with van der Waals surface area (Å²) in [4.78, 5) is 33.4. The molecule has 1 radical (unpaired) electrons. The van der Waals surface area contributed by atoms with Gasteiger partial charge in [0.05, 0.1) is 0 Å². The van der Waals surface area contributed by atoms with E-state index in [9.17, 15) is 10.1 Å². The largest absolute Gasteiger partial charge is 0.488 e. The maximum atomic E-state index is 9.26. The molecule has 107 valence electrons. The Labute approximate surface area is 142 Å². The third kappa shape index (κ3) is 110. The van der Waals surface area contributed by atoms with Gasteiger partial charge in [-0.1, -0.05) is 0 Å². The van der Waals surface area contributed by atoms with Crippen LogP contribution in [0.25, 0.3) is 0 Å². The van der Waals surface area contributed by atoms with Crippen molar-refractivity contribution < 1.29 is 67.6 Å². The summed E-state index contributed by atoms with van der Waals surface area (Å²) >= 11 is 0. The Kier molecular flexibility index (Phi) is 42.8. The van der Waals surface area contributed by atoms with Crippen LogP contribution < -0.4 is 0 Å². The number of halogens is 1. The van der Waals surface area contributed by atoms with Crippen LogP contribution in [0.4, 0.5) is 0 Å². The molecule has 0 saturated heterocycles. The zero-order chi connectivity index (χ0) is 13.6. The maximum Gasteiger partial charge on any atom is 0.296 e. The molecule has 0 spiro atoms. The van der Waals surface area contributed by atoms with Crippen molar-refractivity contribution in [2.45, 2.75) is 0 Å². The summed E-state index contributed by atoms with van der Waals surface area (Å²) in [5.41, 5.74) is 0. The van der Waals surface area contributed by atoms with E-state index in [1.165, 1.54) is 7.11 Å². The second-order valence-corrected chi connectivity index (χ2v) is 1.35. The van der Waals surface area contributed by atoms with Gasteiger partial charge >= 0.3 is 0 Å². The Morgan fingerprint density at radius 1 is 1.17 bits per heavy atom. The zero-order valence-corrected chi connectivity index (χ0v) is 14.0. The van der Waals surface area contributed by atoms with Gasteiger partial charge in [0.15, 0.2) is 6.79 Å². The molecule has 0 rings (SSSR count). The van der Waals surface area contributed by atoms with Crippen molar-refractivity contribution in [1.82, 2.24) is 0 Å². The molecule has 13 nitrogen and oxygen atoms in total. The van der Waals surface area contributed by atoms with Crippen LogP contribution in [-0.4, -0.2) is 34.4 Å². The molecular formula is C3H9IN3O10Y-. The van der Waals surface area contributed by atoms with Crippen molar-refractivity contribution in [3.63, 3.8) is 0 Å². The molecule has 0 aromatic heterocycles. The molecule has 0 heterocycles. The summed E-state index contributed by atoms with van der Waals surface area (Å²) in [5.74, 6) is 0. The molecule has 1 N–H and O–H groups in total. The van der Waals surface area contributed by atoms with E-state index >= 15 is 0 Å². The average Bonchev–Trinajstić information content (AvgIpc) is 2.14. The van der Waals surface area contributed by atoms with E-state index in [4.69, 9.17) is 25.4 Å². The molecule has 0 atom stereocenters. The number of hydrogen-bond acceptors (Lipinski definition) is 9. The molecule has 0 aliphatic heterocycles. The van der Waals surface area contributed by atoms with E-state index < -0.39 is 15.3 Å². The third-order valence-electron chi connectivity index (χ3n) is 0.381. The molecule has 0 aromatic rings. The molecule has 0 unspecified atom stereocenters. The van der Waals surface area contributed by atoms with Gasteiger partial charge < -0.3 is 14.8 Å². The molecule has 0 fully saturated rings. The van der Waals surface area contributed by atoms with Crippen LogP contribution in [0.15, 0.2) is 0 Å². The van der Waals surface area contributed by atoms with E-state index in [-0.39, 0.29) is 63.5 Å². The Morgan fingerprint density at radius 2 is 1.44 bits per heavy atom. The Bertz CT molecular complexity index is 213. The molecule has 0 aliphatic carbocycles. The normalized spacial score (nSPS) is 6.33. The fourth-order valence-electron chi connectivity index (χ4n) is 0.0957. The van der Waals surface area contributed by atoms with Gasteiger partial charge in [-0.05, 0) is 0 Å². The molecule has 0 aliphatic rings. The summed E-state index contributed by atoms with van der Waals surface area (Å²) in [7, 11) is 3.80. The molecule has 18 heavy (non-hydrogen) atoms. The summed E-state index contributed by atoms with van der Waals surface area (Å²) in [6.45, 7) is -0.299. The minimum absolute atomic E-state index is 0. The summed E-state index contributed by atoms with van der Waals surface area (Å²) in [6.07, 6.45) is 0. The SMILES string of the molecule is COCO[N+](=O)[O-].I.O=[N+]([O-])O.[CH2-]O[N+](=O)[O-].[Y]. The Hall–Kier alpha value is -0.606. The first-order valence-electron chi connectivity index (χ1n) is 2.93. The monoisotopic (exact) mass is 463 g/mol. The predicted molar refractivity (Wildman–Crippen MR) is 57.6 cm³/mol. The first-order chi connectivity index (χ1) is 7.27. The quantitative estimate of drug-likeness (QED) is 0.197. The molecule has 15 heteroatoms. The molecule has 0 amide bonds. The van der Waals surface area contributed by atoms with Crippen LogP contribution in [0, 0.1) is 37.5 Å².